The molecule has 1 rings (SSSR count). The lowest BCUT2D eigenvalue weighted by atomic mass is 9.99. The maximum absolute atomic E-state index is 11.8. The summed E-state index contributed by atoms with van der Waals surface area (Å²) in [6, 6.07) is 0. The molecular formula is C11H19NO5S. The number of carboxylic acids is 1. The average molecular weight is 277 g/mol. The fraction of sp³-hybridized carbons (Fsp3) is 0.818. The van der Waals surface area contributed by atoms with Gasteiger partial charge in [-0.15, -0.1) is 0 Å². The number of nitrogens with zero attached hydrogens (tertiary/aromatic N) is 1. The van der Waals surface area contributed by atoms with Gasteiger partial charge < -0.3 is 10.0 Å². The van der Waals surface area contributed by atoms with E-state index in [-0.39, 0.29) is 0 Å². The molecule has 1 heterocycles. The van der Waals surface area contributed by atoms with Gasteiger partial charge in [-0.25, -0.2) is 8.42 Å². The zero-order valence-corrected chi connectivity index (χ0v) is 11.4. The fourth-order valence-electron chi connectivity index (χ4n) is 1.80. The highest BCUT2D eigenvalue weighted by atomic mass is 32.2. The Labute approximate surface area is 107 Å². The van der Waals surface area contributed by atoms with Gasteiger partial charge in [-0.2, -0.15) is 0 Å². The highest BCUT2D eigenvalue weighted by Crippen LogP contribution is 2.16. The Morgan fingerprint density at radius 1 is 1.33 bits per heavy atom. The van der Waals surface area contributed by atoms with Gasteiger partial charge in [-0.05, 0) is 25.7 Å². The number of piperidine rings is 1. The third-order valence-corrected chi connectivity index (χ3v) is 5.28. The van der Waals surface area contributed by atoms with Crippen LogP contribution in [0.3, 0.4) is 0 Å². The van der Waals surface area contributed by atoms with Crippen molar-refractivity contribution < 1.29 is 23.1 Å². The molecule has 1 aliphatic heterocycles. The molecule has 18 heavy (non-hydrogen) atoms. The summed E-state index contributed by atoms with van der Waals surface area (Å²) in [6.07, 6.45) is 1.72. The number of hydrogen-bond donors (Lipinski definition) is 1. The van der Waals surface area contributed by atoms with Crippen LogP contribution < -0.4 is 0 Å². The number of aliphatic carboxylic acids is 1. The van der Waals surface area contributed by atoms with Crippen LogP contribution in [0.15, 0.2) is 0 Å². The standard InChI is InChI=1S/C11H19NO5S/c1-8-3-5-12(6-4-8)10(13)7-18(16,17)9(2)11(14)15/h8-9H,3-7H2,1-2H3,(H,14,15). The number of hydrogen-bond acceptors (Lipinski definition) is 4. The zero-order valence-electron chi connectivity index (χ0n) is 10.6. The van der Waals surface area contributed by atoms with Crippen molar-refractivity contribution in [2.45, 2.75) is 31.9 Å². The number of rotatable bonds is 4. The monoisotopic (exact) mass is 277 g/mol. The molecule has 104 valence electrons. The van der Waals surface area contributed by atoms with Crippen molar-refractivity contribution in [1.29, 1.82) is 0 Å². The van der Waals surface area contributed by atoms with E-state index in [2.05, 4.69) is 6.92 Å². The number of carbonyl (C=O) groups excluding carboxylic acids is 1. The topological polar surface area (TPSA) is 91.8 Å². The van der Waals surface area contributed by atoms with Gasteiger partial charge >= 0.3 is 5.97 Å². The van der Waals surface area contributed by atoms with Crippen LogP contribution in [0.2, 0.25) is 0 Å². The molecule has 0 aromatic heterocycles. The van der Waals surface area contributed by atoms with Gasteiger partial charge in [0.2, 0.25) is 5.91 Å². The van der Waals surface area contributed by atoms with E-state index in [0.717, 1.165) is 19.8 Å². The Hall–Kier alpha value is -1.11. The van der Waals surface area contributed by atoms with Crippen LogP contribution in [-0.2, 0) is 19.4 Å². The molecule has 0 bridgehead atoms. The van der Waals surface area contributed by atoms with E-state index < -0.39 is 32.7 Å². The van der Waals surface area contributed by atoms with E-state index in [1.807, 2.05) is 0 Å². The van der Waals surface area contributed by atoms with Crippen LogP contribution in [0.1, 0.15) is 26.7 Å². The van der Waals surface area contributed by atoms with Gasteiger partial charge in [-0.1, -0.05) is 6.92 Å². The van der Waals surface area contributed by atoms with Gasteiger partial charge in [0, 0.05) is 13.1 Å². The molecular weight excluding hydrogens is 258 g/mol. The van der Waals surface area contributed by atoms with Crippen molar-refractivity contribution in [1.82, 2.24) is 4.90 Å². The first-order chi connectivity index (χ1) is 8.24. The third kappa shape index (κ3) is 3.69. The minimum atomic E-state index is -3.91. The summed E-state index contributed by atoms with van der Waals surface area (Å²) >= 11 is 0. The molecule has 0 saturated carbocycles. The minimum absolute atomic E-state index is 0.491. The number of sulfone groups is 1. The first-order valence-electron chi connectivity index (χ1n) is 5.96. The summed E-state index contributed by atoms with van der Waals surface area (Å²) < 4.78 is 23.3. The van der Waals surface area contributed by atoms with Crippen LogP contribution in [0.25, 0.3) is 0 Å². The van der Waals surface area contributed by atoms with Crippen LogP contribution in [0, 0.1) is 5.92 Å². The van der Waals surface area contributed by atoms with Crippen LogP contribution in [0.4, 0.5) is 0 Å². The molecule has 1 saturated heterocycles. The summed E-state index contributed by atoms with van der Waals surface area (Å²) in [6.45, 7) is 4.28. The maximum Gasteiger partial charge on any atom is 0.321 e. The van der Waals surface area contributed by atoms with Gasteiger partial charge in [-0.3, -0.25) is 9.59 Å². The zero-order chi connectivity index (χ0) is 13.9. The normalized spacial score (nSPS) is 19.6. The molecule has 6 nitrogen and oxygen atoms in total. The second kappa shape index (κ2) is 5.69. The highest BCUT2D eigenvalue weighted by Gasteiger charge is 2.32. The van der Waals surface area contributed by atoms with E-state index in [9.17, 15) is 18.0 Å². The second-order valence-corrected chi connectivity index (χ2v) is 7.17. The Bertz CT molecular complexity index is 423. The van der Waals surface area contributed by atoms with Crippen molar-refractivity contribution >= 4 is 21.7 Å². The number of carboxylic acid groups (broad SMARTS) is 1. The van der Waals surface area contributed by atoms with Crippen LogP contribution >= 0.6 is 0 Å². The number of carbonyl (C=O) groups is 2. The second-order valence-electron chi connectivity index (χ2n) is 4.85. The molecule has 0 radical (unpaired) electrons. The van der Waals surface area contributed by atoms with Gasteiger partial charge in [0.25, 0.3) is 0 Å². The van der Waals surface area contributed by atoms with E-state index in [1.165, 1.54) is 4.90 Å². The largest absolute Gasteiger partial charge is 0.480 e. The fourth-order valence-corrected chi connectivity index (χ4v) is 2.88. The first kappa shape index (κ1) is 14.9. The summed E-state index contributed by atoms with van der Waals surface area (Å²) in [5.41, 5.74) is 0. The third-order valence-electron chi connectivity index (χ3n) is 3.35. The van der Waals surface area contributed by atoms with Crippen LogP contribution in [0.5, 0.6) is 0 Å². The van der Waals surface area contributed by atoms with E-state index in [0.29, 0.717) is 19.0 Å². The molecule has 0 aliphatic carbocycles. The highest BCUT2D eigenvalue weighted by molar-refractivity contribution is 7.93. The van der Waals surface area contributed by atoms with Crippen molar-refractivity contribution in [3.63, 3.8) is 0 Å². The lowest BCUT2D eigenvalue weighted by Crippen LogP contribution is -2.43. The van der Waals surface area contributed by atoms with E-state index in [4.69, 9.17) is 5.11 Å². The van der Waals surface area contributed by atoms with E-state index >= 15 is 0 Å². The predicted molar refractivity (Wildman–Crippen MR) is 65.9 cm³/mol. The van der Waals surface area contributed by atoms with Gasteiger partial charge in [0.05, 0.1) is 0 Å². The number of amides is 1. The molecule has 1 atom stereocenters. The molecule has 1 N–H and O–H groups in total. The summed E-state index contributed by atoms with van der Waals surface area (Å²) in [7, 11) is -3.91. The van der Waals surface area contributed by atoms with Crippen molar-refractivity contribution in [3.05, 3.63) is 0 Å². The van der Waals surface area contributed by atoms with Gasteiger partial charge in [0.1, 0.15) is 5.75 Å². The lowest BCUT2D eigenvalue weighted by molar-refractivity contribution is -0.136. The molecule has 1 fully saturated rings. The molecule has 0 aromatic carbocycles. The smallest absolute Gasteiger partial charge is 0.321 e. The minimum Gasteiger partial charge on any atom is -0.480 e. The molecule has 1 aliphatic rings. The van der Waals surface area contributed by atoms with Crippen molar-refractivity contribution in [3.8, 4) is 0 Å². The van der Waals surface area contributed by atoms with Crippen molar-refractivity contribution in [2.75, 3.05) is 18.8 Å². The summed E-state index contributed by atoms with van der Waals surface area (Å²) in [5.74, 6) is -2.08. The SMILES string of the molecule is CC1CCN(C(=O)CS(=O)(=O)C(C)C(=O)O)CC1. The Balaban J connectivity index is 2.62. The Kier molecular flexibility index (Phi) is 4.72. The Morgan fingerprint density at radius 2 is 1.83 bits per heavy atom. The lowest BCUT2D eigenvalue weighted by Gasteiger charge is -2.30. The molecule has 0 spiro atoms. The molecule has 1 unspecified atom stereocenters. The summed E-state index contributed by atoms with van der Waals surface area (Å²) in [5, 5.41) is 7.13. The summed E-state index contributed by atoms with van der Waals surface area (Å²) in [4.78, 5) is 23.9. The van der Waals surface area contributed by atoms with Crippen molar-refractivity contribution in [2.24, 2.45) is 5.92 Å². The maximum atomic E-state index is 11.8. The number of likely N-dealkylation sites (tertiary alicyclic amines) is 1. The average Bonchev–Trinajstić information content (AvgIpc) is 2.28. The molecule has 7 heteroatoms. The van der Waals surface area contributed by atoms with E-state index in [1.54, 1.807) is 0 Å². The predicted octanol–water partition coefficient (Wildman–Crippen LogP) is 0.133. The van der Waals surface area contributed by atoms with Crippen LogP contribution in [-0.4, -0.2) is 54.4 Å². The molecule has 1 amide bonds. The Morgan fingerprint density at radius 3 is 2.28 bits per heavy atom. The first-order valence-corrected chi connectivity index (χ1v) is 7.67. The van der Waals surface area contributed by atoms with Gasteiger partial charge in [0.15, 0.2) is 15.1 Å². The quantitative estimate of drug-likeness (QED) is 0.788. The molecule has 0 aromatic rings.